The lowest BCUT2D eigenvalue weighted by atomic mass is 9.63. The van der Waals surface area contributed by atoms with E-state index in [-0.39, 0.29) is 28.2 Å². The molecular weight excluding hydrogens is 330 g/mol. The summed E-state index contributed by atoms with van der Waals surface area (Å²) < 4.78 is 0. The molecule has 0 aliphatic heterocycles. The highest BCUT2D eigenvalue weighted by atomic mass is 16.4. The predicted molar refractivity (Wildman–Crippen MR) is 98.7 cm³/mol. The van der Waals surface area contributed by atoms with Crippen molar-refractivity contribution in [2.75, 3.05) is 5.32 Å². The molecule has 26 heavy (non-hydrogen) atoms. The first kappa shape index (κ1) is 18.0. The van der Waals surface area contributed by atoms with E-state index in [1.165, 1.54) is 23.5 Å². The predicted octanol–water partition coefficient (Wildman–Crippen LogP) is 3.78. The second-order valence-electron chi connectivity index (χ2n) is 8.08. The average Bonchev–Trinajstić information content (AvgIpc) is 2.59. The highest BCUT2D eigenvalue weighted by Gasteiger charge is 2.37. The highest BCUT2D eigenvalue weighted by Crippen LogP contribution is 2.45. The number of nitrogens with one attached hydrogen (secondary N) is 1. The van der Waals surface area contributed by atoms with Gasteiger partial charge in [-0.1, -0.05) is 33.8 Å². The lowest BCUT2D eigenvalue weighted by Crippen LogP contribution is -2.34. The fourth-order valence-corrected chi connectivity index (χ4v) is 3.41. The maximum absolute atomic E-state index is 12.6. The fourth-order valence-electron chi connectivity index (χ4n) is 3.41. The molecule has 0 spiro atoms. The lowest BCUT2D eigenvalue weighted by Gasteiger charge is -2.42. The van der Waals surface area contributed by atoms with Crippen molar-refractivity contribution in [3.8, 4) is 0 Å². The fraction of sp³-hybridized carbons (Fsp3) is 0.400. The number of carboxylic acids is 1. The second kappa shape index (κ2) is 6.20. The Kier molecular flexibility index (Phi) is 4.30. The smallest absolute Gasteiger partial charge is 0.338 e. The van der Waals surface area contributed by atoms with Crippen LogP contribution >= 0.6 is 0 Å². The number of aromatic nitrogens is 2. The molecule has 2 aromatic rings. The topological polar surface area (TPSA) is 92.2 Å². The summed E-state index contributed by atoms with van der Waals surface area (Å²) in [6.07, 6.45) is 4.52. The molecule has 0 bridgehead atoms. The van der Waals surface area contributed by atoms with Gasteiger partial charge in [0.2, 0.25) is 5.95 Å². The van der Waals surface area contributed by atoms with Crippen molar-refractivity contribution in [1.82, 2.24) is 9.97 Å². The molecule has 0 radical (unpaired) electrons. The lowest BCUT2D eigenvalue weighted by molar-refractivity contribution is 0.0696. The average molecular weight is 353 g/mol. The van der Waals surface area contributed by atoms with Crippen molar-refractivity contribution in [3.05, 3.63) is 52.8 Å². The van der Waals surface area contributed by atoms with Crippen LogP contribution in [0.1, 0.15) is 72.4 Å². The van der Waals surface area contributed by atoms with Gasteiger partial charge in [0.1, 0.15) is 0 Å². The summed E-state index contributed by atoms with van der Waals surface area (Å²) in [4.78, 5) is 31.2. The van der Waals surface area contributed by atoms with Crippen molar-refractivity contribution in [1.29, 1.82) is 0 Å². The molecule has 6 nitrogen and oxygen atoms in total. The van der Waals surface area contributed by atoms with Crippen LogP contribution in [0.3, 0.4) is 0 Å². The molecule has 0 unspecified atom stereocenters. The van der Waals surface area contributed by atoms with E-state index in [2.05, 4.69) is 43.0 Å². The quantitative estimate of drug-likeness (QED) is 0.876. The number of benzene rings is 1. The Morgan fingerprint density at radius 1 is 0.962 bits per heavy atom. The van der Waals surface area contributed by atoms with Gasteiger partial charge in [-0.3, -0.25) is 10.1 Å². The Morgan fingerprint density at radius 2 is 1.54 bits per heavy atom. The summed E-state index contributed by atoms with van der Waals surface area (Å²) >= 11 is 0. The third-order valence-corrected chi connectivity index (χ3v) is 5.24. The zero-order valence-corrected chi connectivity index (χ0v) is 15.5. The maximum Gasteiger partial charge on any atom is 0.338 e. The standard InChI is InChI=1S/C20H23N3O3/c1-19(2)7-8-20(3,4)15-9-12(5-6-14(15)19)16(24)23-18-21-10-13(11-22-18)17(25)26/h5-6,9-11H,7-8H2,1-4H3,(H,25,26)(H,21,22,23,24). The van der Waals surface area contributed by atoms with Crippen LogP contribution in [0.15, 0.2) is 30.6 Å². The monoisotopic (exact) mass is 353 g/mol. The van der Waals surface area contributed by atoms with E-state index in [1.54, 1.807) is 0 Å². The van der Waals surface area contributed by atoms with Crippen LogP contribution in [0.4, 0.5) is 5.95 Å². The molecule has 0 atom stereocenters. The maximum atomic E-state index is 12.6. The SMILES string of the molecule is CC1(C)CCC(C)(C)c2cc(C(=O)Nc3ncc(C(=O)O)cn3)ccc21. The van der Waals surface area contributed by atoms with Gasteiger partial charge in [-0.2, -0.15) is 0 Å². The van der Waals surface area contributed by atoms with Gasteiger partial charge in [0, 0.05) is 18.0 Å². The van der Waals surface area contributed by atoms with E-state index in [9.17, 15) is 9.59 Å². The van der Waals surface area contributed by atoms with Crippen LogP contribution in [-0.4, -0.2) is 27.0 Å². The number of rotatable bonds is 3. The molecule has 1 amide bonds. The Morgan fingerprint density at radius 3 is 2.12 bits per heavy atom. The number of carbonyl (C=O) groups excluding carboxylic acids is 1. The number of hydrogen-bond donors (Lipinski definition) is 2. The first-order valence-electron chi connectivity index (χ1n) is 8.62. The zero-order chi connectivity index (χ0) is 19.1. The number of amides is 1. The molecule has 1 aliphatic rings. The second-order valence-corrected chi connectivity index (χ2v) is 8.08. The highest BCUT2D eigenvalue weighted by molar-refractivity contribution is 6.03. The normalized spacial score (nSPS) is 17.2. The summed E-state index contributed by atoms with van der Waals surface area (Å²) in [5.41, 5.74) is 3.10. The third-order valence-electron chi connectivity index (χ3n) is 5.24. The van der Waals surface area contributed by atoms with Gasteiger partial charge >= 0.3 is 5.97 Å². The van der Waals surface area contributed by atoms with Crippen LogP contribution in [0.25, 0.3) is 0 Å². The van der Waals surface area contributed by atoms with Gasteiger partial charge < -0.3 is 5.11 Å². The molecule has 2 N–H and O–H groups in total. The Labute approximate surface area is 152 Å². The third kappa shape index (κ3) is 3.31. The van der Waals surface area contributed by atoms with E-state index < -0.39 is 5.97 Å². The molecule has 0 saturated carbocycles. The molecule has 1 aromatic carbocycles. The molecule has 0 saturated heterocycles. The molecule has 1 heterocycles. The molecule has 0 fully saturated rings. The van der Waals surface area contributed by atoms with Gasteiger partial charge in [-0.15, -0.1) is 0 Å². The number of anilines is 1. The van der Waals surface area contributed by atoms with E-state index in [0.29, 0.717) is 5.56 Å². The van der Waals surface area contributed by atoms with Crippen LogP contribution in [0, 0.1) is 0 Å². The molecule has 1 aromatic heterocycles. The number of hydrogen-bond acceptors (Lipinski definition) is 4. The molecular formula is C20H23N3O3. The van der Waals surface area contributed by atoms with Crippen LogP contribution in [-0.2, 0) is 10.8 Å². The summed E-state index contributed by atoms with van der Waals surface area (Å²) in [6, 6.07) is 5.82. The number of carbonyl (C=O) groups is 2. The molecule has 1 aliphatic carbocycles. The molecule has 6 heteroatoms. The van der Waals surface area contributed by atoms with Crippen molar-refractivity contribution >= 4 is 17.8 Å². The van der Waals surface area contributed by atoms with Crippen LogP contribution < -0.4 is 5.32 Å². The van der Waals surface area contributed by atoms with Gasteiger partial charge in [0.05, 0.1) is 5.56 Å². The summed E-state index contributed by atoms with van der Waals surface area (Å²) in [5, 5.41) is 11.5. The zero-order valence-electron chi connectivity index (χ0n) is 15.5. The molecule has 3 rings (SSSR count). The Balaban J connectivity index is 1.88. The van der Waals surface area contributed by atoms with Crippen molar-refractivity contribution < 1.29 is 14.7 Å². The summed E-state index contributed by atoms with van der Waals surface area (Å²) in [7, 11) is 0. The largest absolute Gasteiger partial charge is 0.478 e. The summed E-state index contributed by atoms with van der Waals surface area (Å²) in [6.45, 7) is 8.88. The van der Waals surface area contributed by atoms with Crippen LogP contribution in [0.2, 0.25) is 0 Å². The van der Waals surface area contributed by atoms with Crippen molar-refractivity contribution in [2.45, 2.75) is 51.4 Å². The van der Waals surface area contributed by atoms with Crippen molar-refractivity contribution in [2.24, 2.45) is 0 Å². The number of aromatic carboxylic acids is 1. The van der Waals surface area contributed by atoms with E-state index in [0.717, 1.165) is 12.8 Å². The van der Waals surface area contributed by atoms with E-state index in [1.807, 2.05) is 18.2 Å². The molecule has 136 valence electrons. The summed E-state index contributed by atoms with van der Waals surface area (Å²) in [5.74, 6) is -1.34. The minimum absolute atomic E-state index is 0.0147. The van der Waals surface area contributed by atoms with Gasteiger partial charge in [0.15, 0.2) is 0 Å². The van der Waals surface area contributed by atoms with E-state index in [4.69, 9.17) is 5.11 Å². The first-order valence-corrected chi connectivity index (χ1v) is 8.62. The van der Waals surface area contributed by atoms with Crippen LogP contribution in [0.5, 0.6) is 0 Å². The number of carboxylic acid groups (broad SMARTS) is 1. The van der Waals surface area contributed by atoms with Crippen molar-refractivity contribution in [3.63, 3.8) is 0 Å². The minimum atomic E-state index is -1.11. The van der Waals surface area contributed by atoms with Gasteiger partial charge in [-0.25, -0.2) is 14.8 Å². The number of nitrogens with zero attached hydrogens (tertiary/aromatic N) is 2. The minimum Gasteiger partial charge on any atom is -0.478 e. The van der Waals surface area contributed by atoms with E-state index >= 15 is 0 Å². The van der Waals surface area contributed by atoms with Gasteiger partial charge in [-0.05, 0) is 46.9 Å². The Bertz CT molecular complexity index is 870. The Hall–Kier alpha value is -2.76. The first-order chi connectivity index (χ1) is 12.1. The van der Waals surface area contributed by atoms with Gasteiger partial charge in [0.25, 0.3) is 5.91 Å². The number of fused-ring (bicyclic) bond motifs is 1.